The van der Waals surface area contributed by atoms with Crippen LogP contribution in [0.25, 0.3) is 16.9 Å². The van der Waals surface area contributed by atoms with Gasteiger partial charge in [0.05, 0.1) is 22.1 Å². The molecule has 0 aliphatic rings. The van der Waals surface area contributed by atoms with E-state index in [1.54, 1.807) is 16.0 Å². The van der Waals surface area contributed by atoms with Gasteiger partial charge in [0.1, 0.15) is 0 Å². The van der Waals surface area contributed by atoms with Gasteiger partial charge in [-0.25, -0.2) is 4.98 Å². The zero-order valence-electron chi connectivity index (χ0n) is 16.8. The van der Waals surface area contributed by atoms with Crippen LogP contribution in [0.15, 0.2) is 53.0 Å². The Bertz CT molecular complexity index is 1200. The molecular formula is C21H20N6OS2. The molecule has 152 valence electrons. The second kappa shape index (κ2) is 8.76. The fourth-order valence-electron chi connectivity index (χ4n) is 2.87. The average molecular weight is 437 g/mol. The SMILES string of the molecule is Cc1nc(-c2cccc(NC(=O)CSc3nnnn3-c3ccc(C)c(C)c3)c2)cs1. The van der Waals surface area contributed by atoms with Crippen LogP contribution in [-0.4, -0.2) is 36.9 Å². The molecule has 0 aliphatic heterocycles. The lowest BCUT2D eigenvalue weighted by Gasteiger charge is -2.08. The van der Waals surface area contributed by atoms with Crippen LogP contribution in [0.1, 0.15) is 16.1 Å². The van der Waals surface area contributed by atoms with Gasteiger partial charge < -0.3 is 5.32 Å². The number of benzene rings is 2. The summed E-state index contributed by atoms with van der Waals surface area (Å²) in [6.45, 7) is 6.08. The van der Waals surface area contributed by atoms with Crippen molar-refractivity contribution in [3.05, 3.63) is 64.0 Å². The number of hydrogen-bond acceptors (Lipinski definition) is 7. The summed E-state index contributed by atoms with van der Waals surface area (Å²) in [6, 6.07) is 13.7. The number of nitrogens with zero attached hydrogens (tertiary/aromatic N) is 5. The molecule has 0 unspecified atom stereocenters. The minimum absolute atomic E-state index is 0.124. The first kappa shape index (κ1) is 20.2. The molecule has 2 aromatic carbocycles. The molecule has 4 aromatic rings. The number of thioether (sulfide) groups is 1. The molecule has 0 atom stereocenters. The molecule has 30 heavy (non-hydrogen) atoms. The molecule has 7 nitrogen and oxygen atoms in total. The summed E-state index contributed by atoms with van der Waals surface area (Å²) in [5.74, 6) is 0.0758. The molecular weight excluding hydrogens is 416 g/mol. The number of rotatable bonds is 6. The minimum Gasteiger partial charge on any atom is -0.325 e. The van der Waals surface area contributed by atoms with E-state index in [9.17, 15) is 4.79 Å². The number of amides is 1. The lowest BCUT2D eigenvalue weighted by atomic mass is 10.1. The maximum absolute atomic E-state index is 12.5. The summed E-state index contributed by atoms with van der Waals surface area (Å²) in [7, 11) is 0. The molecule has 1 N–H and O–H groups in total. The van der Waals surface area contributed by atoms with Gasteiger partial charge in [-0.05, 0) is 66.6 Å². The van der Waals surface area contributed by atoms with Gasteiger partial charge in [-0.3, -0.25) is 4.79 Å². The van der Waals surface area contributed by atoms with E-state index in [1.165, 1.54) is 17.3 Å². The maximum Gasteiger partial charge on any atom is 0.234 e. The van der Waals surface area contributed by atoms with Crippen LogP contribution in [0.2, 0.25) is 0 Å². The first-order valence-corrected chi connectivity index (χ1v) is 11.2. The topological polar surface area (TPSA) is 85.6 Å². The third-order valence-electron chi connectivity index (χ3n) is 4.57. The number of anilines is 1. The molecule has 0 saturated carbocycles. The van der Waals surface area contributed by atoms with Crippen molar-refractivity contribution >= 4 is 34.7 Å². The number of carbonyl (C=O) groups excluding carboxylic acids is 1. The Balaban J connectivity index is 1.42. The van der Waals surface area contributed by atoms with Crippen molar-refractivity contribution in [2.75, 3.05) is 11.1 Å². The monoisotopic (exact) mass is 436 g/mol. The standard InChI is InChI=1S/C21H20N6OS2/c1-13-7-8-18(9-14(13)2)27-21(24-25-26-27)30-12-20(28)23-17-6-4-5-16(10-17)19-11-29-15(3)22-19/h4-11H,12H2,1-3H3,(H,23,28). The van der Waals surface area contributed by atoms with Crippen molar-refractivity contribution in [2.45, 2.75) is 25.9 Å². The molecule has 0 aliphatic carbocycles. The van der Waals surface area contributed by atoms with Crippen LogP contribution >= 0.6 is 23.1 Å². The number of aryl methyl sites for hydroxylation is 3. The van der Waals surface area contributed by atoms with Gasteiger partial charge in [0.15, 0.2) is 0 Å². The van der Waals surface area contributed by atoms with Crippen LogP contribution in [0, 0.1) is 20.8 Å². The minimum atomic E-state index is -0.124. The maximum atomic E-state index is 12.5. The number of thiazole rings is 1. The molecule has 0 saturated heterocycles. The van der Waals surface area contributed by atoms with E-state index in [0.717, 1.165) is 33.2 Å². The Labute approximate surface area is 182 Å². The highest BCUT2D eigenvalue weighted by molar-refractivity contribution is 7.99. The summed E-state index contributed by atoms with van der Waals surface area (Å²) < 4.78 is 1.65. The van der Waals surface area contributed by atoms with Crippen molar-refractivity contribution in [3.8, 4) is 16.9 Å². The lowest BCUT2D eigenvalue weighted by Crippen LogP contribution is -2.14. The van der Waals surface area contributed by atoms with Crippen LogP contribution in [0.5, 0.6) is 0 Å². The third kappa shape index (κ3) is 4.58. The highest BCUT2D eigenvalue weighted by Crippen LogP contribution is 2.25. The molecule has 0 spiro atoms. The predicted octanol–water partition coefficient (Wildman–Crippen LogP) is 4.44. The van der Waals surface area contributed by atoms with Gasteiger partial charge in [0, 0.05) is 16.6 Å². The fourth-order valence-corrected chi connectivity index (χ4v) is 4.18. The quantitative estimate of drug-likeness (QED) is 0.450. The normalized spacial score (nSPS) is 10.9. The van der Waals surface area contributed by atoms with E-state index >= 15 is 0 Å². The molecule has 9 heteroatoms. The number of aromatic nitrogens is 5. The molecule has 2 aromatic heterocycles. The van der Waals surface area contributed by atoms with Crippen molar-refractivity contribution < 1.29 is 4.79 Å². The van der Waals surface area contributed by atoms with Crippen molar-refractivity contribution in [2.24, 2.45) is 0 Å². The second-order valence-corrected chi connectivity index (χ2v) is 8.82. The van der Waals surface area contributed by atoms with E-state index in [4.69, 9.17) is 0 Å². The summed E-state index contributed by atoms with van der Waals surface area (Å²) >= 11 is 2.90. The van der Waals surface area contributed by atoms with E-state index in [2.05, 4.69) is 32.7 Å². The van der Waals surface area contributed by atoms with Gasteiger partial charge in [-0.1, -0.05) is 30.0 Å². The molecule has 0 fully saturated rings. The van der Waals surface area contributed by atoms with Crippen LogP contribution in [-0.2, 0) is 4.79 Å². The fraction of sp³-hybridized carbons (Fsp3) is 0.190. The predicted molar refractivity (Wildman–Crippen MR) is 120 cm³/mol. The van der Waals surface area contributed by atoms with Gasteiger partial charge in [-0.15, -0.1) is 16.4 Å². The lowest BCUT2D eigenvalue weighted by molar-refractivity contribution is -0.113. The van der Waals surface area contributed by atoms with Crippen molar-refractivity contribution in [1.82, 2.24) is 25.2 Å². The Morgan fingerprint density at radius 3 is 2.77 bits per heavy atom. The Hall–Kier alpha value is -3.04. The van der Waals surface area contributed by atoms with Crippen molar-refractivity contribution in [1.29, 1.82) is 0 Å². The summed E-state index contributed by atoms with van der Waals surface area (Å²) in [6.07, 6.45) is 0. The van der Waals surface area contributed by atoms with E-state index in [-0.39, 0.29) is 11.7 Å². The highest BCUT2D eigenvalue weighted by Gasteiger charge is 2.13. The summed E-state index contributed by atoms with van der Waals surface area (Å²) in [5, 5.41) is 18.4. The molecule has 0 radical (unpaired) electrons. The molecule has 4 rings (SSSR count). The van der Waals surface area contributed by atoms with Gasteiger partial charge >= 0.3 is 0 Å². The highest BCUT2D eigenvalue weighted by atomic mass is 32.2. The number of carbonyl (C=O) groups is 1. The number of hydrogen-bond donors (Lipinski definition) is 1. The van der Waals surface area contributed by atoms with Crippen LogP contribution in [0.3, 0.4) is 0 Å². The number of nitrogens with one attached hydrogen (secondary N) is 1. The summed E-state index contributed by atoms with van der Waals surface area (Å²) in [5.41, 5.74) is 5.86. The third-order valence-corrected chi connectivity index (χ3v) is 6.26. The zero-order chi connectivity index (χ0) is 21.1. The Morgan fingerprint density at radius 2 is 2.00 bits per heavy atom. The van der Waals surface area contributed by atoms with Crippen molar-refractivity contribution in [3.63, 3.8) is 0 Å². The Kier molecular flexibility index (Phi) is 5.91. The van der Waals surface area contributed by atoms with Gasteiger partial charge in [-0.2, -0.15) is 4.68 Å². The summed E-state index contributed by atoms with van der Waals surface area (Å²) in [4.78, 5) is 17.0. The van der Waals surface area contributed by atoms with E-state index < -0.39 is 0 Å². The van der Waals surface area contributed by atoms with Gasteiger partial charge in [0.2, 0.25) is 11.1 Å². The molecule has 0 bridgehead atoms. The van der Waals surface area contributed by atoms with Crippen LogP contribution in [0.4, 0.5) is 5.69 Å². The first-order valence-electron chi connectivity index (χ1n) is 9.31. The first-order chi connectivity index (χ1) is 14.5. The molecule has 1 amide bonds. The zero-order valence-corrected chi connectivity index (χ0v) is 18.4. The smallest absolute Gasteiger partial charge is 0.234 e. The van der Waals surface area contributed by atoms with Crippen LogP contribution < -0.4 is 5.32 Å². The number of tetrazole rings is 1. The Morgan fingerprint density at radius 1 is 1.13 bits per heavy atom. The second-order valence-electron chi connectivity index (χ2n) is 6.81. The van der Waals surface area contributed by atoms with Gasteiger partial charge in [0.25, 0.3) is 0 Å². The molecule has 2 heterocycles. The van der Waals surface area contributed by atoms with E-state index in [0.29, 0.717) is 5.16 Å². The van der Waals surface area contributed by atoms with E-state index in [1.807, 2.05) is 61.7 Å². The largest absolute Gasteiger partial charge is 0.325 e. The average Bonchev–Trinajstić information content (AvgIpc) is 3.38.